The first-order valence-electron chi connectivity index (χ1n) is 9.10. The topological polar surface area (TPSA) is 88.5 Å². The monoisotopic (exact) mass is 365 g/mol. The summed E-state index contributed by atoms with van der Waals surface area (Å²) in [6, 6.07) is 3.73. The summed E-state index contributed by atoms with van der Waals surface area (Å²) in [6.07, 6.45) is 0.769. The van der Waals surface area contributed by atoms with Gasteiger partial charge in [-0.3, -0.25) is 9.69 Å². The Labute approximate surface area is 153 Å². The number of β-amino-alcohol motifs (C(OH)–C–C–N with tert-alkyl or cyclic N) is 1. The number of hydrogen-bond donors (Lipinski definition) is 2. The van der Waals surface area contributed by atoms with Gasteiger partial charge in [-0.1, -0.05) is 13.3 Å². The predicted octanol–water partition coefficient (Wildman–Crippen LogP) is 1.90. The van der Waals surface area contributed by atoms with Crippen molar-refractivity contribution in [2.24, 2.45) is 5.41 Å². The van der Waals surface area contributed by atoms with Crippen molar-refractivity contribution in [2.45, 2.75) is 38.8 Å². The van der Waals surface area contributed by atoms with E-state index in [1.165, 1.54) is 0 Å². The van der Waals surface area contributed by atoms with Crippen LogP contribution >= 0.6 is 0 Å². The molecule has 26 heavy (non-hydrogen) atoms. The SMILES string of the molecule is CCC[C@]1(C(=O)O)CCN(Cc2cc3c(cc2OC)OCCO3)C[C@@H]1O. The Balaban J connectivity index is 1.75. The van der Waals surface area contributed by atoms with Gasteiger partial charge in [0.2, 0.25) is 0 Å². The van der Waals surface area contributed by atoms with E-state index in [0.717, 1.165) is 12.0 Å². The Morgan fingerprint density at radius 3 is 2.62 bits per heavy atom. The summed E-state index contributed by atoms with van der Waals surface area (Å²) >= 11 is 0. The van der Waals surface area contributed by atoms with E-state index in [0.29, 0.717) is 62.9 Å². The minimum absolute atomic E-state index is 0.323. The zero-order valence-electron chi connectivity index (χ0n) is 15.4. The summed E-state index contributed by atoms with van der Waals surface area (Å²) in [7, 11) is 1.61. The number of aliphatic carboxylic acids is 1. The standard InChI is InChI=1S/C19H27NO6/c1-3-4-19(18(22)23)5-6-20(12-17(19)21)11-13-9-15-16(10-14(13)24-2)26-8-7-25-15/h9-10,17,21H,3-8,11-12H2,1-2H3,(H,22,23)/t17-,19-/m0/s1. The molecule has 0 amide bonds. The zero-order chi connectivity index (χ0) is 18.7. The molecular weight excluding hydrogens is 338 g/mol. The van der Waals surface area contributed by atoms with Gasteiger partial charge in [0, 0.05) is 24.7 Å². The number of methoxy groups -OCH3 is 1. The van der Waals surface area contributed by atoms with E-state index in [1.54, 1.807) is 7.11 Å². The molecule has 0 aromatic heterocycles. The van der Waals surface area contributed by atoms with Crippen LogP contribution in [0, 0.1) is 5.41 Å². The lowest BCUT2D eigenvalue weighted by Gasteiger charge is -2.43. The van der Waals surface area contributed by atoms with Gasteiger partial charge in [-0.05, 0) is 25.5 Å². The van der Waals surface area contributed by atoms with Crippen LogP contribution in [0.4, 0.5) is 0 Å². The highest BCUT2D eigenvalue weighted by Crippen LogP contribution is 2.40. The van der Waals surface area contributed by atoms with E-state index in [2.05, 4.69) is 4.90 Å². The predicted molar refractivity (Wildman–Crippen MR) is 94.9 cm³/mol. The molecule has 2 atom stereocenters. The second kappa shape index (κ2) is 7.72. The van der Waals surface area contributed by atoms with E-state index in [1.807, 2.05) is 19.1 Å². The van der Waals surface area contributed by atoms with E-state index >= 15 is 0 Å². The van der Waals surface area contributed by atoms with Gasteiger partial charge in [0.25, 0.3) is 0 Å². The number of fused-ring (bicyclic) bond motifs is 1. The second-order valence-electron chi connectivity index (χ2n) is 7.02. The number of rotatable bonds is 6. The van der Waals surface area contributed by atoms with E-state index in [9.17, 15) is 15.0 Å². The number of nitrogens with zero attached hydrogens (tertiary/aromatic N) is 1. The Morgan fingerprint density at radius 2 is 2.04 bits per heavy atom. The quantitative estimate of drug-likeness (QED) is 0.796. The molecule has 0 saturated carbocycles. The molecule has 1 fully saturated rings. The van der Waals surface area contributed by atoms with Crippen molar-refractivity contribution in [1.29, 1.82) is 0 Å². The second-order valence-corrected chi connectivity index (χ2v) is 7.02. The summed E-state index contributed by atoms with van der Waals surface area (Å²) in [5.74, 6) is 1.16. The first-order valence-corrected chi connectivity index (χ1v) is 9.10. The van der Waals surface area contributed by atoms with Crippen molar-refractivity contribution < 1.29 is 29.2 Å². The number of aliphatic hydroxyl groups is 1. The molecule has 3 rings (SSSR count). The molecule has 1 aromatic carbocycles. The molecule has 0 radical (unpaired) electrons. The lowest BCUT2D eigenvalue weighted by atomic mass is 9.72. The summed E-state index contributed by atoms with van der Waals surface area (Å²) in [4.78, 5) is 13.8. The number of ether oxygens (including phenoxy) is 3. The molecular formula is C19H27NO6. The van der Waals surface area contributed by atoms with Gasteiger partial charge in [-0.15, -0.1) is 0 Å². The number of aliphatic hydroxyl groups excluding tert-OH is 1. The number of likely N-dealkylation sites (tertiary alicyclic amines) is 1. The van der Waals surface area contributed by atoms with Crippen LogP contribution in [0.15, 0.2) is 12.1 Å². The average molecular weight is 365 g/mol. The minimum Gasteiger partial charge on any atom is -0.496 e. The third-order valence-corrected chi connectivity index (χ3v) is 5.40. The van der Waals surface area contributed by atoms with Crippen LogP contribution in [0.25, 0.3) is 0 Å². The van der Waals surface area contributed by atoms with E-state index < -0.39 is 17.5 Å². The van der Waals surface area contributed by atoms with Crippen LogP contribution in [0.2, 0.25) is 0 Å². The van der Waals surface area contributed by atoms with Crippen molar-refractivity contribution in [3.8, 4) is 17.2 Å². The number of piperidine rings is 1. The maximum Gasteiger partial charge on any atom is 0.312 e. The maximum absolute atomic E-state index is 11.8. The van der Waals surface area contributed by atoms with Crippen molar-refractivity contribution in [2.75, 3.05) is 33.4 Å². The Hall–Kier alpha value is -1.99. The number of carboxylic acid groups (broad SMARTS) is 1. The van der Waals surface area contributed by atoms with Crippen LogP contribution in [0.3, 0.4) is 0 Å². The summed E-state index contributed by atoms with van der Waals surface area (Å²) in [5, 5.41) is 20.2. The van der Waals surface area contributed by atoms with Crippen LogP contribution in [-0.2, 0) is 11.3 Å². The highest BCUT2D eigenvalue weighted by molar-refractivity contribution is 5.75. The normalized spacial score (nSPS) is 25.7. The maximum atomic E-state index is 11.8. The Kier molecular flexibility index (Phi) is 5.58. The fourth-order valence-corrected chi connectivity index (χ4v) is 3.94. The summed E-state index contributed by atoms with van der Waals surface area (Å²) in [6.45, 7) is 4.47. The Morgan fingerprint density at radius 1 is 1.35 bits per heavy atom. The van der Waals surface area contributed by atoms with Crippen LogP contribution < -0.4 is 14.2 Å². The van der Waals surface area contributed by atoms with Crippen molar-refractivity contribution in [1.82, 2.24) is 4.90 Å². The summed E-state index contributed by atoms with van der Waals surface area (Å²) < 4.78 is 16.7. The van der Waals surface area contributed by atoms with Gasteiger partial charge in [0.05, 0.1) is 18.6 Å². The van der Waals surface area contributed by atoms with Gasteiger partial charge in [-0.2, -0.15) is 0 Å². The zero-order valence-corrected chi connectivity index (χ0v) is 15.4. The molecule has 2 aliphatic heterocycles. The van der Waals surface area contributed by atoms with Crippen LogP contribution in [-0.4, -0.2) is 60.6 Å². The van der Waals surface area contributed by atoms with Gasteiger partial charge >= 0.3 is 5.97 Å². The number of carboxylic acids is 1. The van der Waals surface area contributed by atoms with E-state index in [4.69, 9.17) is 14.2 Å². The third kappa shape index (κ3) is 3.46. The third-order valence-electron chi connectivity index (χ3n) is 5.40. The highest BCUT2D eigenvalue weighted by atomic mass is 16.6. The van der Waals surface area contributed by atoms with Gasteiger partial charge in [-0.25, -0.2) is 0 Å². The molecule has 144 valence electrons. The van der Waals surface area contributed by atoms with E-state index in [-0.39, 0.29) is 0 Å². The first-order chi connectivity index (χ1) is 12.5. The number of carbonyl (C=O) groups is 1. The van der Waals surface area contributed by atoms with Crippen molar-refractivity contribution in [3.05, 3.63) is 17.7 Å². The average Bonchev–Trinajstić information content (AvgIpc) is 2.63. The molecule has 7 heteroatoms. The smallest absolute Gasteiger partial charge is 0.312 e. The molecule has 1 aromatic rings. The molecule has 2 aliphatic rings. The first kappa shape index (κ1) is 18.8. The summed E-state index contributed by atoms with van der Waals surface area (Å²) in [5.41, 5.74) is -0.107. The fraction of sp³-hybridized carbons (Fsp3) is 0.632. The molecule has 1 saturated heterocycles. The van der Waals surface area contributed by atoms with Crippen LogP contribution in [0.5, 0.6) is 17.2 Å². The largest absolute Gasteiger partial charge is 0.496 e. The lowest BCUT2D eigenvalue weighted by Crippen LogP contribution is -2.54. The van der Waals surface area contributed by atoms with Crippen molar-refractivity contribution >= 4 is 5.97 Å². The Bertz CT molecular complexity index is 664. The molecule has 0 unspecified atom stereocenters. The van der Waals surface area contributed by atoms with Gasteiger partial charge in [0.1, 0.15) is 19.0 Å². The van der Waals surface area contributed by atoms with Gasteiger partial charge in [0.15, 0.2) is 11.5 Å². The molecule has 0 spiro atoms. The molecule has 0 bridgehead atoms. The molecule has 2 N–H and O–H groups in total. The molecule has 0 aliphatic carbocycles. The molecule has 7 nitrogen and oxygen atoms in total. The van der Waals surface area contributed by atoms with Gasteiger partial charge < -0.3 is 24.4 Å². The van der Waals surface area contributed by atoms with Crippen molar-refractivity contribution in [3.63, 3.8) is 0 Å². The highest BCUT2D eigenvalue weighted by Gasteiger charge is 2.47. The lowest BCUT2D eigenvalue weighted by molar-refractivity contribution is -0.164. The number of hydrogen-bond acceptors (Lipinski definition) is 6. The number of benzene rings is 1. The molecule has 2 heterocycles. The fourth-order valence-electron chi connectivity index (χ4n) is 3.94. The van der Waals surface area contributed by atoms with Crippen LogP contribution in [0.1, 0.15) is 31.7 Å². The minimum atomic E-state index is -1.04.